The molecule has 0 fully saturated rings. The minimum atomic E-state index is -2.57. The van der Waals surface area contributed by atoms with E-state index in [-0.39, 0.29) is 23.2 Å². The number of nitrogen functional groups attached to an aromatic ring is 1. The summed E-state index contributed by atoms with van der Waals surface area (Å²) in [5, 5.41) is 2.40. The number of ether oxygens (including phenoxy) is 1. The Labute approximate surface area is 90.6 Å². The van der Waals surface area contributed by atoms with Crippen LogP contribution in [0.25, 0.3) is 0 Å². The summed E-state index contributed by atoms with van der Waals surface area (Å²) in [4.78, 5) is 14.5. The monoisotopic (exact) mass is 231 g/mol. The number of hydrogen-bond acceptors (Lipinski definition) is 4. The van der Waals surface area contributed by atoms with E-state index in [4.69, 9.17) is 10.5 Å². The molecule has 1 heterocycles. The van der Waals surface area contributed by atoms with Crippen LogP contribution in [0.3, 0.4) is 0 Å². The average molecular weight is 231 g/mol. The highest BCUT2D eigenvalue weighted by atomic mass is 19.3. The lowest BCUT2D eigenvalue weighted by Gasteiger charge is -2.09. The molecule has 7 heteroatoms. The van der Waals surface area contributed by atoms with E-state index in [1.807, 2.05) is 0 Å². The molecule has 0 unspecified atom stereocenters. The fraction of sp³-hybridized carbons (Fsp3) is 0.333. The van der Waals surface area contributed by atoms with E-state index in [1.54, 1.807) is 0 Å². The zero-order chi connectivity index (χ0) is 12.1. The summed E-state index contributed by atoms with van der Waals surface area (Å²) >= 11 is 0. The van der Waals surface area contributed by atoms with Gasteiger partial charge in [0, 0.05) is 13.0 Å². The SMILES string of the molecule is CC(=O)Nc1cc(N)c(OCC(F)F)cn1. The third kappa shape index (κ3) is 3.68. The first-order valence-electron chi connectivity index (χ1n) is 4.43. The zero-order valence-electron chi connectivity index (χ0n) is 8.54. The van der Waals surface area contributed by atoms with Crippen molar-refractivity contribution in [1.82, 2.24) is 4.98 Å². The summed E-state index contributed by atoms with van der Waals surface area (Å²) < 4.78 is 28.4. The van der Waals surface area contributed by atoms with Crippen molar-refractivity contribution in [3.63, 3.8) is 0 Å². The number of hydrogen-bond donors (Lipinski definition) is 2. The van der Waals surface area contributed by atoms with Gasteiger partial charge in [0.25, 0.3) is 6.43 Å². The summed E-state index contributed by atoms with van der Waals surface area (Å²) in [5.41, 5.74) is 5.66. The highest BCUT2D eigenvalue weighted by Gasteiger charge is 2.08. The van der Waals surface area contributed by atoms with Crippen LogP contribution in [0.4, 0.5) is 20.3 Å². The van der Waals surface area contributed by atoms with E-state index in [0.717, 1.165) is 0 Å². The first-order chi connectivity index (χ1) is 7.49. The lowest BCUT2D eigenvalue weighted by atomic mass is 10.3. The second-order valence-corrected chi connectivity index (χ2v) is 2.99. The molecule has 0 spiro atoms. The third-order valence-electron chi connectivity index (χ3n) is 1.57. The highest BCUT2D eigenvalue weighted by Crippen LogP contribution is 2.22. The number of anilines is 2. The Morgan fingerprint density at radius 1 is 1.69 bits per heavy atom. The van der Waals surface area contributed by atoms with Gasteiger partial charge in [-0.2, -0.15) is 0 Å². The van der Waals surface area contributed by atoms with Crippen LogP contribution < -0.4 is 15.8 Å². The van der Waals surface area contributed by atoms with Crippen LogP contribution in [0.5, 0.6) is 5.75 Å². The fourth-order valence-corrected chi connectivity index (χ4v) is 0.980. The molecule has 0 saturated carbocycles. The molecule has 0 atom stereocenters. The van der Waals surface area contributed by atoms with Crippen LogP contribution >= 0.6 is 0 Å². The maximum atomic E-state index is 11.9. The van der Waals surface area contributed by atoms with Crippen molar-refractivity contribution in [2.24, 2.45) is 0 Å². The van der Waals surface area contributed by atoms with Crippen molar-refractivity contribution in [2.75, 3.05) is 17.7 Å². The molecule has 0 saturated heterocycles. The van der Waals surface area contributed by atoms with Crippen molar-refractivity contribution in [1.29, 1.82) is 0 Å². The topological polar surface area (TPSA) is 77.2 Å². The minimum absolute atomic E-state index is 0.0643. The summed E-state index contributed by atoms with van der Waals surface area (Å²) in [7, 11) is 0. The summed E-state index contributed by atoms with van der Waals surface area (Å²) in [6, 6.07) is 1.34. The van der Waals surface area contributed by atoms with Gasteiger partial charge in [-0.25, -0.2) is 13.8 Å². The highest BCUT2D eigenvalue weighted by molar-refractivity contribution is 5.88. The maximum absolute atomic E-state index is 11.9. The van der Waals surface area contributed by atoms with Crippen molar-refractivity contribution < 1.29 is 18.3 Å². The number of nitrogens with two attached hydrogens (primary N) is 1. The van der Waals surface area contributed by atoms with Gasteiger partial charge >= 0.3 is 0 Å². The van der Waals surface area contributed by atoms with Gasteiger partial charge in [0.1, 0.15) is 12.4 Å². The number of carbonyl (C=O) groups excluding carboxylic acids is 1. The number of nitrogens with one attached hydrogen (secondary N) is 1. The van der Waals surface area contributed by atoms with Crippen molar-refractivity contribution in [3.8, 4) is 5.75 Å². The lowest BCUT2D eigenvalue weighted by molar-refractivity contribution is -0.114. The number of nitrogens with zero attached hydrogens (tertiary/aromatic N) is 1. The van der Waals surface area contributed by atoms with Crippen LogP contribution in [0.1, 0.15) is 6.92 Å². The number of alkyl halides is 2. The molecule has 5 nitrogen and oxygen atoms in total. The molecule has 88 valence electrons. The molecule has 1 aromatic heterocycles. The number of carbonyl (C=O) groups is 1. The third-order valence-corrected chi connectivity index (χ3v) is 1.57. The Hall–Kier alpha value is -1.92. The van der Waals surface area contributed by atoms with Crippen molar-refractivity contribution in [2.45, 2.75) is 13.3 Å². The lowest BCUT2D eigenvalue weighted by Crippen LogP contribution is -2.10. The van der Waals surface area contributed by atoms with E-state index in [0.29, 0.717) is 0 Å². The van der Waals surface area contributed by atoms with Crippen molar-refractivity contribution in [3.05, 3.63) is 12.3 Å². The van der Waals surface area contributed by atoms with Gasteiger partial charge in [-0.1, -0.05) is 0 Å². The quantitative estimate of drug-likeness (QED) is 0.817. The number of amides is 1. The molecule has 0 aliphatic carbocycles. The molecular formula is C9H11F2N3O2. The summed E-state index contributed by atoms with van der Waals surface area (Å²) in [6.45, 7) is 0.574. The fourth-order valence-electron chi connectivity index (χ4n) is 0.980. The number of halogens is 2. The standard InChI is InChI=1S/C9H11F2N3O2/c1-5(15)14-9-2-6(12)7(3-13-9)16-4-8(10)11/h2-3,8H,4H2,1H3,(H3,12,13,14,15). The molecule has 0 aliphatic heterocycles. The first kappa shape index (κ1) is 12.2. The Bertz CT molecular complexity index is 385. The summed E-state index contributed by atoms with van der Waals surface area (Å²) in [5.74, 6) is 0.0111. The van der Waals surface area contributed by atoms with Gasteiger partial charge in [0.2, 0.25) is 5.91 Å². The molecule has 1 rings (SSSR count). The zero-order valence-corrected chi connectivity index (χ0v) is 8.54. The van der Waals surface area contributed by atoms with Gasteiger partial charge in [0.05, 0.1) is 11.9 Å². The predicted octanol–water partition coefficient (Wildman–Crippen LogP) is 1.27. The second kappa shape index (κ2) is 5.24. The van der Waals surface area contributed by atoms with E-state index < -0.39 is 13.0 Å². The smallest absolute Gasteiger partial charge is 0.272 e. The normalized spacial score (nSPS) is 10.2. The molecule has 0 aliphatic rings. The van der Waals surface area contributed by atoms with E-state index >= 15 is 0 Å². The van der Waals surface area contributed by atoms with Crippen LogP contribution in [-0.4, -0.2) is 23.9 Å². The van der Waals surface area contributed by atoms with Gasteiger partial charge < -0.3 is 15.8 Å². The Morgan fingerprint density at radius 2 is 2.38 bits per heavy atom. The maximum Gasteiger partial charge on any atom is 0.272 e. The van der Waals surface area contributed by atoms with Crippen LogP contribution in [0, 0.1) is 0 Å². The summed E-state index contributed by atoms with van der Waals surface area (Å²) in [6.07, 6.45) is -1.39. The van der Waals surface area contributed by atoms with Crippen LogP contribution in [0.2, 0.25) is 0 Å². The van der Waals surface area contributed by atoms with Gasteiger partial charge in [-0.15, -0.1) is 0 Å². The number of rotatable bonds is 4. The van der Waals surface area contributed by atoms with E-state index in [2.05, 4.69) is 10.3 Å². The van der Waals surface area contributed by atoms with Gasteiger partial charge in [-0.3, -0.25) is 4.79 Å². The molecule has 0 bridgehead atoms. The van der Waals surface area contributed by atoms with Gasteiger partial charge in [-0.05, 0) is 0 Å². The average Bonchev–Trinajstić information content (AvgIpc) is 2.15. The van der Waals surface area contributed by atoms with Crippen LogP contribution in [0.15, 0.2) is 12.3 Å². The molecule has 3 N–H and O–H groups in total. The van der Waals surface area contributed by atoms with Gasteiger partial charge in [0.15, 0.2) is 5.75 Å². The number of aromatic nitrogens is 1. The van der Waals surface area contributed by atoms with Crippen molar-refractivity contribution >= 4 is 17.4 Å². The first-order valence-corrected chi connectivity index (χ1v) is 4.43. The predicted molar refractivity (Wildman–Crippen MR) is 54.5 cm³/mol. The molecule has 0 radical (unpaired) electrons. The second-order valence-electron chi connectivity index (χ2n) is 2.99. The molecule has 0 aromatic carbocycles. The molecule has 1 aromatic rings. The largest absolute Gasteiger partial charge is 0.484 e. The van der Waals surface area contributed by atoms with E-state index in [9.17, 15) is 13.6 Å². The Balaban J connectivity index is 2.71. The molecule has 16 heavy (non-hydrogen) atoms. The number of pyridine rings is 1. The minimum Gasteiger partial charge on any atom is -0.484 e. The Kier molecular flexibility index (Phi) is 3.98. The Morgan fingerprint density at radius 3 is 2.88 bits per heavy atom. The van der Waals surface area contributed by atoms with E-state index in [1.165, 1.54) is 19.2 Å². The van der Waals surface area contributed by atoms with Crippen LogP contribution in [-0.2, 0) is 4.79 Å². The molecular weight excluding hydrogens is 220 g/mol. The molecule has 1 amide bonds.